The maximum Gasteiger partial charge on any atom is 0.135 e. The topological polar surface area (TPSA) is 110 Å². The van der Waals surface area contributed by atoms with Crippen LogP contribution in [0.15, 0.2) is 456 Å². The summed E-state index contributed by atoms with van der Waals surface area (Å²) in [6.07, 6.45) is 0. The standard InChI is InChI=1S/C66H42N2O4.C26H14Cl2O2.C20H15NO/c1-3-13-53(14-4-1)67(55-27-19-43(20-28-55)61-37-47-11-7-9-17-59(47)69-61)57-31-23-45(24-32-57)63-41-51-35-49-36-52-42-64(72-66(52)40-50(49)39-65(51)71-63)46-25-33-58(34-26-46)68(54-15-5-2-6-16-54)56-29-21-44(22-30-56)62-38-48-12-8-10-18-60(48)70-62;27-21-5-1-15(2-6-21)23-13-19-9-17-10-20-14-24(16-3-7-22(28)8-4-16)30-26(20)12-18(17)11-25(19)29-23;1-2-7-17(8-3-1)21-18-12-10-15(11-13-18)20-14-16-6-4-5-9-19(16)22-20/h1-42H;1-14H;1-14,21H. The largest absolute Gasteiger partial charge is 0.456 e. The molecule has 10 nitrogen and oxygen atoms in total. The van der Waals surface area contributed by atoms with Crippen molar-refractivity contribution in [2.75, 3.05) is 15.1 Å². The molecule has 0 spiro atoms. The fraction of sp³-hybridized carbons (Fsp3) is 0. The molecule has 24 aromatic rings. The van der Waals surface area contributed by atoms with Crippen LogP contribution in [0.1, 0.15) is 0 Å². The molecule has 0 saturated carbocycles. The molecule has 0 saturated heterocycles. The van der Waals surface area contributed by atoms with Crippen LogP contribution in [-0.4, -0.2) is 0 Å². The van der Waals surface area contributed by atoms with Gasteiger partial charge in [0, 0.05) is 132 Å². The first kappa shape index (κ1) is 74.3. The molecule has 12 heteroatoms. The minimum atomic E-state index is 0.709. The lowest BCUT2D eigenvalue weighted by Crippen LogP contribution is -2.09. The summed E-state index contributed by atoms with van der Waals surface area (Å²) in [5.74, 6) is 5.88. The van der Waals surface area contributed by atoms with Crippen LogP contribution in [0, 0.1) is 0 Å². The van der Waals surface area contributed by atoms with Crippen molar-refractivity contribution in [2.45, 2.75) is 0 Å². The van der Waals surface area contributed by atoms with Gasteiger partial charge in [-0.25, -0.2) is 0 Å². The maximum atomic E-state index is 6.57. The van der Waals surface area contributed by atoms with Crippen LogP contribution in [0.3, 0.4) is 0 Å². The Morgan fingerprint density at radius 1 is 0.161 bits per heavy atom. The Kier molecular flexibility index (Phi) is 19.2. The maximum absolute atomic E-state index is 6.57. The third-order valence-electron chi connectivity index (χ3n) is 22.7. The van der Waals surface area contributed by atoms with Crippen LogP contribution in [0.2, 0.25) is 10.0 Å². The van der Waals surface area contributed by atoms with E-state index in [1.165, 1.54) is 0 Å². The summed E-state index contributed by atoms with van der Waals surface area (Å²) in [6.45, 7) is 0. The van der Waals surface area contributed by atoms with Crippen molar-refractivity contribution in [3.63, 3.8) is 0 Å². The normalized spacial score (nSPS) is 11.5. The zero-order valence-electron chi connectivity index (χ0n) is 66.4. The second-order valence-corrected chi connectivity index (χ2v) is 31.6. The summed E-state index contributed by atoms with van der Waals surface area (Å²) in [4.78, 5) is 4.53. The van der Waals surface area contributed by atoms with E-state index < -0.39 is 0 Å². The van der Waals surface area contributed by atoms with E-state index >= 15 is 0 Å². The lowest BCUT2D eigenvalue weighted by Gasteiger charge is -2.25. The van der Waals surface area contributed by atoms with Crippen LogP contribution in [0.25, 0.3) is 178 Å². The van der Waals surface area contributed by atoms with E-state index in [9.17, 15) is 0 Å². The zero-order chi connectivity index (χ0) is 82.6. The summed E-state index contributed by atoms with van der Waals surface area (Å²) in [6, 6.07) is 145. The number of anilines is 8. The number of fused-ring (bicyclic) bond motifs is 9. The van der Waals surface area contributed by atoms with Gasteiger partial charge in [0.15, 0.2) is 0 Å². The van der Waals surface area contributed by atoms with E-state index in [0.29, 0.717) is 10.0 Å². The van der Waals surface area contributed by atoms with Crippen molar-refractivity contribution >= 4 is 167 Å². The van der Waals surface area contributed by atoms with Crippen molar-refractivity contribution in [2.24, 2.45) is 0 Å². The first-order chi connectivity index (χ1) is 61.1. The van der Waals surface area contributed by atoms with Crippen LogP contribution < -0.4 is 15.1 Å². The Balaban J connectivity index is 0.000000142. The minimum Gasteiger partial charge on any atom is -0.456 e. The lowest BCUT2D eigenvalue weighted by molar-refractivity contribution is 0.630. The van der Waals surface area contributed by atoms with Crippen molar-refractivity contribution in [1.82, 2.24) is 0 Å². The third-order valence-corrected chi connectivity index (χ3v) is 23.2. The molecule has 0 atom stereocenters. The summed E-state index contributed by atoms with van der Waals surface area (Å²) in [5.41, 5.74) is 21.6. The molecule has 7 heterocycles. The molecule has 7 aromatic heterocycles. The molecule has 0 unspecified atom stereocenters. The quantitative estimate of drug-likeness (QED) is 0.107. The molecule has 124 heavy (non-hydrogen) atoms. The molecule has 0 aliphatic carbocycles. The number of para-hydroxylation sites is 6. The van der Waals surface area contributed by atoms with Gasteiger partial charge in [-0.05, 0) is 337 Å². The van der Waals surface area contributed by atoms with E-state index in [-0.39, 0.29) is 0 Å². The smallest absolute Gasteiger partial charge is 0.135 e. The molecule has 0 fully saturated rings. The first-order valence-corrected chi connectivity index (χ1v) is 41.7. The van der Waals surface area contributed by atoms with Crippen molar-refractivity contribution < 1.29 is 30.9 Å². The van der Waals surface area contributed by atoms with Gasteiger partial charge in [0.2, 0.25) is 0 Å². The Morgan fingerprint density at radius 2 is 0.371 bits per heavy atom. The molecule has 0 bridgehead atoms. The van der Waals surface area contributed by atoms with E-state index in [2.05, 4.69) is 294 Å². The van der Waals surface area contributed by atoms with Crippen molar-refractivity contribution in [1.29, 1.82) is 0 Å². The number of nitrogens with one attached hydrogen (secondary N) is 1. The van der Waals surface area contributed by atoms with Gasteiger partial charge in [-0.3, -0.25) is 0 Å². The Labute approximate surface area is 722 Å². The van der Waals surface area contributed by atoms with Crippen molar-refractivity contribution in [3.8, 4) is 79.3 Å². The third kappa shape index (κ3) is 15.0. The van der Waals surface area contributed by atoms with Gasteiger partial charge in [0.25, 0.3) is 0 Å². The molecule has 24 rings (SSSR count). The molecule has 590 valence electrons. The van der Waals surface area contributed by atoms with Crippen LogP contribution >= 0.6 is 23.2 Å². The number of hydrogen-bond acceptors (Lipinski definition) is 10. The van der Waals surface area contributed by atoms with E-state index in [0.717, 1.165) is 223 Å². The number of nitrogens with zero attached hydrogens (tertiary/aromatic N) is 2. The van der Waals surface area contributed by atoms with Crippen LogP contribution in [-0.2, 0) is 0 Å². The number of benzene rings is 17. The van der Waals surface area contributed by atoms with Crippen LogP contribution in [0.4, 0.5) is 45.5 Å². The summed E-state index contributed by atoms with van der Waals surface area (Å²) < 4.78 is 43.6. The number of hydrogen-bond donors (Lipinski definition) is 1. The molecule has 0 aliphatic heterocycles. The molecule has 17 aromatic carbocycles. The highest BCUT2D eigenvalue weighted by Gasteiger charge is 2.21. The molecule has 1 N–H and O–H groups in total. The Morgan fingerprint density at radius 3 is 0.653 bits per heavy atom. The second kappa shape index (κ2) is 32.0. The highest BCUT2D eigenvalue weighted by Crippen LogP contribution is 2.44. The van der Waals surface area contributed by atoms with E-state index in [4.69, 9.17) is 54.1 Å². The zero-order valence-corrected chi connectivity index (χ0v) is 67.9. The lowest BCUT2D eigenvalue weighted by atomic mass is 10.1. The summed E-state index contributed by atoms with van der Waals surface area (Å²) >= 11 is 12.0. The van der Waals surface area contributed by atoms with Gasteiger partial charge in [0.1, 0.15) is 79.4 Å². The predicted molar refractivity (Wildman–Crippen MR) is 510 cm³/mol. The van der Waals surface area contributed by atoms with Gasteiger partial charge in [-0.1, -0.05) is 132 Å². The molecule has 0 aliphatic rings. The number of rotatable bonds is 15. The van der Waals surface area contributed by atoms with Gasteiger partial charge in [-0.15, -0.1) is 0 Å². The average molecular weight is 1640 g/mol. The Bertz CT molecular complexity index is 7360. The fourth-order valence-electron chi connectivity index (χ4n) is 16.4. The highest BCUT2D eigenvalue weighted by molar-refractivity contribution is 6.31. The number of halogens is 2. The van der Waals surface area contributed by atoms with Gasteiger partial charge in [-0.2, -0.15) is 0 Å². The van der Waals surface area contributed by atoms with Gasteiger partial charge < -0.3 is 46.0 Å². The Hall–Kier alpha value is -16.0. The SMILES string of the molecule is Clc1ccc(-c2cc3cc4cc5cc(-c6ccc(Cl)cc6)oc5cc4cc3o2)cc1.c1ccc(N(c2ccc(-c3cc4ccccc4o3)cc2)c2ccc(-c3cc4cc5cc6cc(-c7ccc(N(c8ccccc8)c8ccc(-c9cc%10ccccc%10o9)cc8)cc7)oc6cc5cc4o3)cc2)cc1.c1ccc(Nc2ccc(-c3cc4ccccc4o3)cc2)cc1. The van der Waals surface area contributed by atoms with Gasteiger partial charge in [0.05, 0.1) is 0 Å². The monoisotopic (exact) mass is 1640 g/mol. The summed E-state index contributed by atoms with van der Waals surface area (Å²) in [7, 11) is 0. The molecular weight excluding hydrogens is 1570 g/mol. The fourth-order valence-corrected chi connectivity index (χ4v) is 16.6. The highest BCUT2D eigenvalue weighted by atomic mass is 35.5. The first-order valence-electron chi connectivity index (χ1n) is 41.0. The molecular formula is C112H71Cl2N3O7. The van der Waals surface area contributed by atoms with Crippen molar-refractivity contribution in [3.05, 3.63) is 435 Å². The predicted octanol–water partition coefficient (Wildman–Crippen LogP) is 34.2. The van der Waals surface area contributed by atoms with E-state index in [1.54, 1.807) is 0 Å². The minimum absolute atomic E-state index is 0.709. The second-order valence-electron chi connectivity index (χ2n) is 30.8. The molecule has 0 radical (unpaired) electrons. The average Bonchev–Trinajstić information content (AvgIpc) is 1.61. The van der Waals surface area contributed by atoms with Crippen LogP contribution in [0.5, 0.6) is 0 Å². The number of furan rings is 7. The van der Waals surface area contributed by atoms with Gasteiger partial charge >= 0.3 is 0 Å². The summed E-state index contributed by atoms with van der Waals surface area (Å²) in [5, 5.41) is 16.7. The van der Waals surface area contributed by atoms with E-state index in [1.807, 2.05) is 146 Å². The molecule has 0 amide bonds.